The Hall–Kier alpha value is -1.41. The molecule has 8 heteroatoms. The minimum atomic E-state index is -1.13. The van der Waals surface area contributed by atoms with E-state index in [9.17, 15) is 15.0 Å². The summed E-state index contributed by atoms with van der Waals surface area (Å²) < 4.78 is 4.28. The average Bonchev–Trinajstić information content (AvgIpc) is 2.96. The molecule has 0 bridgehead atoms. The number of carboxylic acid groups (broad SMARTS) is 1. The molecule has 1 aromatic heterocycles. The molecular formula is C15H26N4O3S. The number of carbonyl (C=O) groups is 1. The number of carboxylic acids is 1. The molecule has 2 atom stereocenters. The summed E-state index contributed by atoms with van der Waals surface area (Å²) in [7, 11) is 3.74. The van der Waals surface area contributed by atoms with E-state index in [2.05, 4.69) is 23.2 Å². The number of anilines is 2. The Labute approximate surface area is 141 Å². The van der Waals surface area contributed by atoms with Gasteiger partial charge >= 0.3 is 5.97 Å². The number of hydrogen-bond acceptors (Lipinski definition) is 7. The number of rotatable bonds is 6. The smallest absolute Gasteiger partial charge is 0.314 e. The Morgan fingerprint density at radius 2 is 2.22 bits per heavy atom. The molecule has 0 aromatic carbocycles. The molecule has 130 valence electrons. The Balaban J connectivity index is 2.22. The van der Waals surface area contributed by atoms with E-state index < -0.39 is 17.5 Å². The van der Waals surface area contributed by atoms with Crippen LogP contribution in [0.25, 0.3) is 0 Å². The molecule has 0 spiro atoms. The second-order valence-corrected chi connectivity index (χ2v) is 7.62. The van der Waals surface area contributed by atoms with Crippen LogP contribution in [0.2, 0.25) is 0 Å². The zero-order chi connectivity index (χ0) is 17.2. The highest BCUT2D eigenvalue weighted by Gasteiger charge is 2.49. The van der Waals surface area contributed by atoms with Gasteiger partial charge in [0, 0.05) is 38.7 Å². The topological polar surface area (TPSA) is 89.8 Å². The molecule has 0 amide bonds. The fourth-order valence-electron chi connectivity index (χ4n) is 2.87. The molecule has 2 rings (SSSR count). The third kappa shape index (κ3) is 3.74. The van der Waals surface area contributed by atoms with Gasteiger partial charge in [0.25, 0.3) is 0 Å². The fraction of sp³-hybridized carbons (Fsp3) is 0.800. The van der Waals surface area contributed by atoms with Gasteiger partial charge in [-0.05, 0) is 25.2 Å². The maximum Gasteiger partial charge on any atom is 0.314 e. The number of aromatic nitrogens is 2. The van der Waals surface area contributed by atoms with Crippen molar-refractivity contribution in [3.63, 3.8) is 0 Å². The van der Waals surface area contributed by atoms with E-state index in [1.54, 1.807) is 0 Å². The van der Waals surface area contributed by atoms with Crippen molar-refractivity contribution in [2.24, 2.45) is 11.3 Å². The van der Waals surface area contributed by atoms with Crippen molar-refractivity contribution in [1.29, 1.82) is 0 Å². The first-order valence-electron chi connectivity index (χ1n) is 7.93. The van der Waals surface area contributed by atoms with Crippen molar-refractivity contribution >= 4 is 28.6 Å². The summed E-state index contributed by atoms with van der Waals surface area (Å²) in [5.41, 5.74) is -1.13. The lowest BCUT2D eigenvalue weighted by Gasteiger charge is -2.43. The molecule has 2 heterocycles. The minimum Gasteiger partial charge on any atom is -0.481 e. The third-order valence-corrected chi connectivity index (χ3v) is 5.22. The maximum absolute atomic E-state index is 12.0. The van der Waals surface area contributed by atoms with Crippen LogP contribution in [0.4, 0.5) is 11.1 Å². The standard InChI is InChI=1S/C15H26N4O3S/c1-10(2)5-7-15(12(21)22)9-19(8-6-11(15)20)14-16-13(17-23-14)18(3)4/h10-11,20H,5-9H2,1-4H3,(H,21,22)/t11-,15+/m0/s1. The molecule has 1 aliphatic rings. The zero-order valence-corrected chi connectivity index (χ0v) is 15.0. The van der Waals surface area contributed by atoms with E-state index in [1.165, 1.54) is 11.5 Å². The summed E-state index contributed by atoms with van der Waals surface area (Å²) in [6.45, 7) is 5.01. The van der Waals surface area contributed by atoms with Gasteiger partial charge in [0.2, 0.25) is 11.1 Å². The van der Waals surface area contributed by atoms with E-state index in [0.29, 0.717) is 31.3 Å². The zero-order valence-electron chi connectivity index (χ0n) is 14.2. The molecule has 1 aliphatic heterocycles. The van der Waals surface area contributed by atoms with E-state index >= 15 is 0 Å². The SMILES string of the molecule is CC(C)CC[C@@]1(C(=O)O)CN(c2nc(N(C)C)ns2)CC[C@@H]1O. The normalized spacial score (nSPS) is 25.0. The van der Waals surface area contributed by atoms with Gasteiger partial charge in [-0.1, -0.05) is 13.8 Å². The number of nitrogens with zero attached hydrogens (tertiary/aromatic N) is 4. The van der Waals surface area contributed by atoms with Gasteiger partial charge in [-0.2, -0.15) is 9.36 Å². The Morgan fingerprint density at radius 3 is 2.74 bits per heavy atom. The highest BCUT2D eigenvalue weighted by Crippen LogP contribution is 2.39. The van der Waals surface area contributed by atoms with Gasteiger partial charge in [-0.3, -0.25) is 4.79 Å². The predicted octanol–water partition coefficient (Wildman–Crippen LogP) is 1.68. The number of hydrogen-bond donors (Lipinski definition) is 2. The van der Waals surface area contributed by atoms with Crippen LogP contribution in [0.15, 0.2) is 0 Å². The Bertz CT molecular complexity index is 549. The molecule has 0 unspecified atom stereocenters. The van der Waals surface area contributed by atoms with E-state index in [1.807, 2.05) is 23.9 Å². The summed E-state index contributed by atoms with van der Waals surface area (Å²) >= 11 is 1.27. The largest absolute Gasteiger partial charge is 0.481 e. The summed E-state index contributed by atoms with van der Waals surface area (Å²) in [6, 6.07) is 0. The van der Waals surface area contributed by atoms with E-state index in [4.69, 9.17) is 0 Å². The van der Waals surface area contributed by atoms with Gasteiger partial charge < -0.3 is 20.0 Å². The van der Waals surface area contributed by atoms with Crippen LogP contribution in [0.1, 0.15) is 33.1 Å². The van der Waals surface area contributed by atoms with Crippen molar-refractivity contribution in [2.75, 3.05) is 37.0 Å². The lowest BCUT2D eigenvalue weighted by Crippen LogP contribution is -2.56. The summed E-state index contributed by atoms with van der Waals surface area (Å²) in [4.78, 5) is 20.2. The maximum atomic E-state index is 12.0. The van der Waals surface area contributed by atoms with Gasteiger partial charge in [-0.25, -0.2) is 0 Å². The number of aliphatic hydroxyl groups is 1. The Morgan fingerprint density at radius 1 is 1.52 bits per heavy atom. The van der Waals surface area contributed by atoms with Crippen molar-refractivity contribution in [1.82, 2.24) is 9.36 Å². The molecule has 2 N–H and O–H groups in total. The number of aliphatic carboxylic acids is 1. The second kappa shape index (κ2) is 7.00. The molecule has 23 heavy (non-hydrogen) atoms. The van der Waals surface area contributed by atoms with Crippen molar-refractivity contribution in [3.05, 3.63) is 0 Å². The monoisotopic (exact) mass is 342 g/mol. The third-order valence-electron chi connectivity index (χ3n) is 4.45. The first-order chi connectivity index (χ1) is 10.8. The van der Waals surface area contributed by atoms with Gasteiger partial charge in [0.05, 0.1) is 6.10 Å². The van der Waals surface area contributed by atoms with Crippen molar-refractivity contribution < 1.29 is 15.0 Å². The lowest BCUT2D eigenvalue weighted by atomic mass is 9.73. The quantitative estimate of drug-likeness (QED) is 0.813. The molecule has 1 saturated heterocycles. The fourth-order valence-corrected chi connectivity index (χ4v) is 3.63. The van der Waals surface area contributed by atoms with E-state index in [-0.39, 0.29) is 6.54 Å². The number of aliphatic hydroxyl groups excluding tert-OH is 1. The van der Waals surface area contributed by atoms with Crippen LogP contribution in [0.3, 0.4) is 0 Å². The van der Waals surface area contributed by atoms with Gasteiger partial charge in [0.15, 0.2) is 0 Å². The molecule has 0 aliphatic carbocycles. The average molecular weight is 342 g/mol. The van der Waals surface area contributed by atoms with Crippen LogP contribution in [0.5, 0.6) is 0 Å². The number of piperidine rings is 1. The van der Waals surface area contributed by atoms with Crippen LogP contribution in [-0.2, 0) is 4.79 Å². The summed E-state index contributed by atoms with van der Waals surface area (Å²) in [5, 5.41) is 20.9. The van der Waals surface area contributed by atoms with E-state index in [0.717, 1.165) is 11.6 Å². The molecular weight excluding hydrogens is 316 g/mol. The molecule has 0 radical (unpaired) electrons. The van der Waals surface area contributed by atoms with Crippen LogP contribution < -0.4 is 9.80 Å². The van der Waals surface area contributed by atoms with Gasteiger partial charge in [-0.15, -0.1) is 0 Å². The van der Waals surface area contributed by atoms with Gasteiger partial charge in [0.1, 0.15) is 5.41 Å². The van der Waals surface area contributed by atoms with Crippen LogP contribution in [-0.4, -0.2) is 58.8 Å². The highest BCUT2D eigenvalue weighted by atomic mass is 32.1. The Kier molecular flexibility index (Phi) is 5.46. The minimum absolute atomic E-state index is 0.276. The first-order valence-corrected chi connectivity index (χ1v) is 8.71. The summed E-state index contributed by atoms with van der Waals surface area (Å²) in [5.74, 6) is 0.0996. The molecule has 1 fully saturated rings. The molecule has 7 nitrogen and oxygen atoms in total. The van der Waals surface area contributed by atoms with Crippen molar-refractivity contribution in [3.8, 4) is 0 Å². The molecule has 0 saturated carbocycles. The predicted molar refractivity (Wildman–Crippen MR) is 91.2 cm³/mol. The van der Waals surface area contributed by atoms with Crippen LogP contribution in [0, 0.1) is 11.3 Å². The first kappa shape index (κ1) is 17.9. The molecule has 1 aromatic rings. The summed E-state index contributed by atoms with van der Waals surface area (Å²) in [6.07, 6.45) is 0.852. The highest BCUT2D eigenvalue weighted by molar-refractivity contribution is 7.09. The van der Waals surface area contributed by atoms with Crippen LogP contribution >= 0.6 is 11.5 Å². The van der Waals surface area contributed by atoms with Crippen molar-refractivity contribution in [2.45, 2.75) is 39.2 Å². The second-order valence-electron chi connectivity index (χ2n) is 6.89. The lowest BCUT2D eigenvalue weighted by molar-refractivity contribution is -0.158.